The Kier molecular flexibility index (Phi) is 4.63. The Morgan fingerprint density at radius 1 is 1.15 bits per heavy atom. The van der Waals surface area contributed by atoms with E-state index < -0.39 is 0 Å². The second-order valence-corrected chi connectivity index (χ2v) is 8.38. The van der Waals surface area contributed by atoms with Crippen LogP contribution in [0.15, 0.2) is 24.5 Å². The summed E-state index contributed by atoms with van der Waals surface area (Å²) >= 11 is 1.62. The maximum atomic E-state index is 12.1. The molecule has 1 fully saturated rings. The van der Waals surface area contributed by atoms with Crippen molar-refractivity contribution in [2.24, 2.45) is 0 Å². The Labute approximate surface area is 157 Å². The van der Waals surface area contributed by atoms with E-state index in [2.05, 4.69) is 40.3 Å². The van der Waals surface area contributed by atoms with Crippen LogP contribution in [0.25, 0.3) is 20.3 Å². The number of carbonyl (C=O) groups excluding carboxylic acids is 1. The Balaban J connectivity index is 1.72. The van der Waals surface area contributed by atoms with Gasteiger partial charge in [0.2, 0.25) is 0 Å². The van der Waals surface area contributed by atoms with Crippen LogP contribution >= 0.6 is 11.3 Å². The molecule has 0 spiro atoms. The van der Waals surface area contributed by atoms with Crippen LogP contribution in [0.2, 0.25) is 0 Å². The number of anilines is 1. The molecule has 0 amide bonds. The maximum Gasteiger partial charge on any atom is 0.160 e. The van der Waals surface area contributed by atoms with Crippen molar-refractivity contribution in [3.05, 3.63) is 30.1 Å². The van der Waals surface area contributed by atoms with Gasteiger partial charge in [0.25, 0.3) is 0 Å². The van der Waals surface area contributed by atoms with Gasteiger partial charge in [-0.05, 0) is 52.8 Å². The minimum Gasteiger partial charge on any atom is -0.367 e. The van der Waals surface area contributed by atoms with E-state index in [1.165, 1.54) is 12.8 Å². The molecule has 0 radical (unpaired) electrons. The van der Waals surface area contributed by atoms with Crippen LogP contribution in [0.3, 0.4) is 0 Å². The number of ketones is 1. The molecular weight excluding hydrogens is 344 g/mol. The van der Waals surface area contributed by atoms with E-state index in [4.69, 9.17) is 0 Å². The molecular formula is C20H24N4OS. The number of aromatic nitrogens is 2. The number of fused-ring (bicyclic) bond motifs is 3. The van der Waals surface area contributed by atoms with E-state index in [0.717, 1.165) is 44.5 Å². The molecule has 136 valence electrons. The van der Waals surface area contributed by atoms with Gasteiger partial charge in [0, 0.05) is 27.7 Å². The van der Waals surface area contributed by atoms with Crippen LogP contribution in [-0.2, 0) is 0 Å². The summed E-state index contributed by atoms with van der Waals surface area (Å²) < 4.78 is 1.09. The van der Waals surface area contributed by atoms with Crippen molar-refractivity contribution < 1.29 is 4.79 Å². The average molecular weight is 369 g/mol. The van der Waals surface area contributed by atoms with E-state index >= 15 is 0 Å². The normalized spacial score (nSPS) is 20.8. The highest BCUT2D eigenvalue weighted by molar-refractivity contribution is 7.25. The fraction of sp³-hybridized carbons (Fsp3) is 0.450. The number of benzene rings is 1. The quantitative estimate of drug-likeness (QED) is 0.695. The van der Waals surface area contributed by atoms with Gasteiger partial charge in [-0.2, -0.15) is 0 Å². The summed E-state index contributed by atoms with van der Waals surface area (Å²) in [4.78, 5) is 24.4. The van der Waals surface area contributed by atoms with Crippen LogP contribution in [-0.4, -0.2) is 46.8 Å². The monoisotopic (exact) mass is 368 g/mol. The zero-order valence-electron chi connectivity index (χ0n) is 15.5. The molecule has 5 nitrogen and oxygen atoms in total. The first-order valence-electron chi connectivity index (χ1n) is 9.14. The van der Waals surface area contributed by atoms with Crippen molar-refractivity contribution in [3.8, 4) is 0 Å². The molecule has 3 aromatic rings. The lowest BCUT2D eigenvalue weighted by Crippen LogP contribution is -2.36. The molecule has 2 aromatic heterocycles. The third kappa shape index (κ3) is 3.08. The number of nitrogens with one attached hydrogen (secondary N) is 1. The fourth-order valence-corrected chi connectivity index (χ4v) is 5.05. The number of hydrogen-bond donors (Lipinski definition) is 1. The van der Waals surface area contributed by atoms with E-state index in [1.807, 2.05) is 12.1 Å². The predicted octanol–water partition coefficient (Wildman–Crippen LogP) is 4.33. The van der Waals surface area contributed by atoms with Gasteiger partial charge >= 0.3 is 0 Å². The topological polar surface area (TPSA) is 58.1 Å². The molecule has 6 heteroatoms. The molecule has 0 atom stereocenters. The fourth-order valence-electron chi connectivity index (χ4n) is 3.98. The van der Waals surface area contributed by atoms with Gasteiger partial charge in [0.1, 0.15) is 17.0 Å². The molecule has 0 aliphatic heterocycles. The summed E-state index contributed by atoms with van der Waals surface area (Å²) in [6, 6.07) is 6.99. The summed E-state index contributed by atoms with van der Waals surface area (Å²) in [7, 11) is 4.32. The van der Waals surface area contributed by atoms with Gasteiger partial charge < -0.3 is 10.2 Å². The average Bonchev–Trinajstić information content (AvgIpc) is 3.01. The lowest BCUT2D eigenvalue weighted by molar-refractivity contribution is 0.101. The number of thiophene rings is 1. The highest BCUT2D eigenvalue weighted by Gasteiger charge is 2.24. The number of carbonyl (C=O) groups is 1. The molecule has 1 aliphatic carbocycles. The predicted molar refractivity (Wildman–Crippen MR) is 108 cm³/mol. The maximum absolute atomic E-state index is 12.1. The van der Waals surface area contributed by atoms with Gasteiger partial charge in [-0.25, -0.2) is 9.97 Å². The van der Waals surface area contributed by atoms with Gasteiger partial charge in [0.05, 0.1) is 5.39 Å². The molecule has 0 bridgehead atoms. The van der Waals surface area contributed by atoms with Gasteiger partial charge in [0.15, 0.2) is 5.78 Å². The van der Waals surface area contributed by atoms with Crippen LogP contribution in [0, 0.1) is 0 Å². The van der Waals surface area contributed by atoms with Crippen molar-refractivity contribution in [1.29, 1.82) is 0 Å². The van der Waals surface area contributed by atoms with Crippen LogP contribution in [0.5, 0.6) is 0 Å². The Bertz CT molecular complexity index is 957. The summed E-state index contributed by atoms with van der Waals surface area (Å²) in [5, 5.41) is 5.64. The first-order valence-corrected chi connectivity index (χ1v) is 9.96. The summed E-state index contributed by atoms with van der Waals surface area (Å²) in [6.07, 6.45) is 6.29. The summed E-state index contributed by atoms with van der Waals surface area (Å²) in [5.41, 5.74) is 0.753. The lowest BCUT2D eigenvalue weighted by atomic mass is 9.90. The van der Waals surface area contributed by atoms with Crippen molar-refractivity contribution >= 4 is 43.2 Å². The minimum atomic E-state index is 0.0802. The smallest absolute Gasteiger partial charge is 0.160 e. The lowest BCUT2D eigenvalue weighted by Gasteiger charge is -2.33. The molecule has 1 aliphatic rings. The molecule has 2 heterocycles. The number of nitrogens with zero attached hydrogens (tertiary/aromatic N) is 3. The van der Waals surface area contributed by atoms with E-state index in [0.29, 0.717) is 12.1 Å². The van der Waals surface area contributed by atoms with Crippen LogP contribution in [0.4, 0.5) is 5.82 Å². The van der Waals surface area contributed by atoms with E-state index in [9.17, 15) is 4.79 Å². The van der Waals surface area contributed by atoms with Crippen molar-refractivity contribution in [2.75, 3.05) is 19.4 Å². The zero-order valence-corrected chi connectivity index (χ0v) is 16.3. The molecule has 0 unspecified atom stereocenters. The highest BCUT2D eigenvalue weighted by atomic mass is 32.1. The molecule has 1 saturated carbocycles. The van der Waals surface area contributed by atoms with E-state index in [-0.39, 0.29) is 5.78 Å². The van der Waals surface area contributed by atoms with Crippen LogP contribution in [0.1, 0.15) is 43.0 Å². The Morgan fingerprint density at radius 2 is 1.92 bits per heavy atom. The van der Waals surface area contributed by atoms with Gasteiger partial charge in [-0.3, -0.25) is 4.79 Å². The zero-order chi connectivity index (χ0) is 18.3. The summed E-state index contributed by atoms with van der Waals surface area (Å²) in [6.45, 7) is 1.62. The molecule has 26 heavy (non-hydrogen) atoms. The SMILES string of the molecule is CC(=O)c1cccc2sc3ncnc(NC4CCC(N(C)C)CC4)c3c12. The number of rotatable bonds is 4. The minimum absolute atomic E-state index is 0.0802. The van der Waals surface area contributed by atoms with Crippen molar-refractivity contribution in [1.82, 2.24) is 14.9 Å². The van der Waals surface area contributed by atoms with Crippen molar-refractivity contribution in [2.45, 2.75) is 44.7 Å². The summed E-state index contributed by atoms with van der Waals surface area (Å²) in [5.74, 6) is 0.944. The third-order valence-electron chi connectivity index (χ3n) is 5.44. The molecule has 4 rings (SSSR count). The van der Waals surface area contributed by atoms with Gasteiger partial charge in [-0.15, -0.1) is 11.3 Å². The molecule has 1 N–H and O–H groups in total. The Hall–Kier alpha value is -2.05. The molecule has 1 aromatic carbocycles. The van der Waals surface area contributed by atoms with Crippen molar-refractivity contribution in [3.63, 3.8) is 0 Å². The molecule has 0 saturated heterocycles. The first kappa shape index (κ1) is 17.4. The number of Topliss-reactive ketones (excluding diaryl/α,β-unsaturated/α-hetero) is 1. The Morgan fingerprint density at radius 3 is 2.62 bits per heavy atom. The number of hydrogen-bond acceptors (Lipinski definition) is 6. The second-order valence-electron chi connectivity index (χ2n) is 7.35. The first-order chi connectivity index (χ1) is 12.5. The standard InChI is InChI=1S/C20H24N4OS/c1-12(25)15-5-4-6-16-17(15)18-19(21-11-22-20(18)26-16)23-13-7-9-14(10-8-13)24(2)3/h4-6,11,13-14H,7-10H2,1-3H3,(H,21,22,23). The second kappa shape index (κ2) is 6.93. The van der Waals surface area contributed by atoms with Crippen LogP contribution < -0.4 is 5.32 Å². The van der Waals surface area contributed by atoms with E-state index in [1.54, 1.807) is 24.6 Å². The largest absolute Gasteiger partial charge is 0.367 e. The van der Waals surface area contributed by atoms with Gasteiger partial charge in [-0.1, -0.05) is 12.1 Å². The third-order valence-corrected chi connectivity index (χ3v) is 6.51. The highest BCUT2D eigenvalue weighted by Crippen LogP contribution is 2.38.